The van der Waals surface area contributed by atoms with E-state index < -0.39 is 16.0 Å². The Kier molecular flexibility index (Phi) is 5.68. The van der Waals surface area contributed by atoms with Crippen LogP contribution in [-0.2, 0) is 21.3 Å². The van der Waals surface area contributed by atoms with E-state index in [1.54, 1.807) is 26.0 Å². The van der Waals surface area contributed by atoms with Crippen molar-refractivity contribution in [2.75, 3.05) is 33.3 Å². The lowest BCUT2D eigenvalue weighted by Gasteiger charge is -2.21. The lowest BCUT2D eigenvalue weighted by atomic mass is 10.3. The predicted molar refractivity (Wildman–Crippen MR) is 94.7 cm³/mol. The first kappa shape index (κ1) is 19.6. The van der Waals surface area contributed by atoms with Crippen LogP contribution in [0.1, 0.15) is 34.2 Å². The Morgan fingerprint density at radius 1 is 1.22 bits per heavy atom. The van der Waals surface area contributed by atoms with Crippen LogP contribution in [0, 0.1) is 13.8 Å². The summed E-state index contributed by atoms with van der Waals surface area (Å²) in [6, 6.07) is 3.31. The largest absolute Gasteiger partial charge is 0.463 e. The lowest BCUT2D eigenvalue weighted by Crippen LogP contribution is -2.35. The molecule has 27 heavy (non-hydrogen) atoms. The molecule has 1 aliphatic rings. The van der Waals surface area contributed by atoms with E-state index in [1.807, 2.05) is 0 Å². The van der Waals surface area contributed by atoms with Crippen molar-refractivity contribution in [3.8, 4) is 0 Å². The maximum Gasteiger partial charge on any atom is 0.373 e. The van der Waals surface area contributed by atoms with Crippen LogP contribution in [0.25, 0.3) is 0 Å². The average molecular weight is 397 g/mol. The Hall–Kier alpha value is -2.17. The van der Waals surface area contributed by atoms with Gasteiger partial charge in [0, 0.05) is 19.6 Å². The van der Waals surface area contributed by atoms with Crippen LogP contribution in [-0.4, -0.2) is 62.0 Å². The fourth-order valence-corrected chi connectivity index (χ4v) is 4.97. The zero-order valence-corrected chi connectivity index (χ0v) is 16.4. The summed E-state index contributed by atoms with van der Waals surface area (Å²) in [7, 11) is -2.35. The SMILES string of the molecule is COC(=O)c1ccc(CN2CCCN(S(=O)(=O)c3c(C)noc3C)CC2)o1. The van der Waals surface area contributed by atoms with Crippen molar-refractivity contribution in [2.24, 2.45) is 0 Å². The molecule has 0 N–H and O–H groups in total. The molecule has 1 fully saturated rings. The van der Waals surface area contributed by atoms with Crippen LogP contribution in [0.4, 0.5) is 0 Å². The maximum atomic E-state index is 13.0. The van der Waals surface area contributed by atoms with Crippen LogP contribution < -0.4 is 0 Å². The molecule has 1 aliphatic heterocycles. The normalized spacial score (nSPS) is 17.0. The number of nitrogens with zero attached hydrogens (tertiary/aromatic N) is 3. The minimum atomic E-state index is -3.64. The number of methoxy groups -OCH3 is 1. The van der Waals surface area contributed by atoms with E-state index >= 15 is 0 Å². The Morgan fingerprint density at radius 2 is 2.00 bits per heavy atom. The molecule has 0 spiro atoms. The first-order valence-corrected chi connectivity index (χ1v) is 10.1. The third kappa shape index (κ3) is 4.07. The van der Waals surface area contributed by atoms with Crippen LogP contribution in [0.2, 0.25) is 0 Å². The smallest absolute Gasteiger partial charge is 0.373 e. The van der Waals surface area contributed by atoms with Crippen molar-refractivity contribution < 1.29 is 26.9 Å². The standard InChI is InChI=1S/C17H23N3O6S/c1-12-16(13(2)26-18-12)27(22,23)20-8-4-7-19(9-10-20)11-14-5-6-15(25-14)17(21)24-3/h5-6H,4,7-11H2,1-3H3. The van der Waals surface area contributed by atoms with Crippen molar-refractivity contribution in [3.05, 3.63) is 35.1 Å². The molecule has 2 aromatic rings. The van der Waals surface area contributed by atoms with Gasteiger partial charge < -0.3 is 13.7 Å². The third-order valence-electron chi connectivity index (χ3n) is 4.54. The summed E-state index contributed by atoms with van der Waals surface area (Å²) in [4.78, 5) is 13.7. The number of furan rings is 1. The second-order valence-electron chi connectivity index (χ2n) is 6.44. The fraction of sp³-hybridized carbons (Fsp3) is 0.529. The molecule has 0 amide bonds. The van der Waals surface area contributed by atoms with Gasteiger partial charge in [-0.15, -0.1) is 0 Å². The van der Waals surface area contributed by atoms with Crippen molar-refractivity contribution in [1.82, 2.24) is 14.4 Å². The summed E-state index contributed by atoms with van der Waals surface area (Å²) in [5.41, 5.74) is 0.375. The molecule has 3 heterocycles. The second-order valence-corrected chi connectivity index (χ2v) is 8.32. The second kappa shape index (κ2) is 7.83. The van der Waals surface area contributed by atoms with E-state index in [9.17, 15) is 13.2 Å². The monoisotopic (exact) mass is 397 g/mol. The molecule has 0 bridgehead atoms. The zero-order chi connectivity index (χ0) is 19.6. The number of sulfonamides is 1. The summed E-state index contributed by atoms with van der Waals surface area (Å²) in [5.74, 6) is 0.579. The summed E-state index contributed by atoms with van der Waals surface area (Å²) < 4.78 is 42.5. The molecule has 0 radical (unpaired) electrons. The number of hydrogen-bond donors (Lipinski definition) is 0. The van der Waals surface area contributed by atoms with E-state index in [0.717, 1.165) is 6.54 Å². The Labute approximate surface area is 157 Å². The van der Waals surface area contributed by atoms with Gasteiger partial charge in [0.15, 0.2) is 5.76 Å². The topological polar surface area (TPSA) is 106 Å². The highest BCUT2D eigenvalue weighted by molar-refractivity contribution is 7.89. The van der Waals surface area contributed by atoms with Crippen molar-refractivity contribution in [3.63, 3.8) is 0 Å². The molecule has 0 aliphatic carbocycles. The molecule has 0 saturated carbocycles. The highest BCUT2D eigenvalue weighted by Crippen LogP contribution is 2.24. The zero-order valence-electron chi connectivity index (χ0n) is 15.6. The predicted octanol–water partition coefficient (Wildman–Crippen LogP) is 1.57. The molecular weight excluding hydrogens is 374 g/mol. The molecule has 1 saturated heterocycles. The van der Waals surface area contributed by atoms with Crippen molar-refractivity contribution >= 4 is 16.0 Å². The van der Waals surface area contributed by atoms with E-state index in [0.29, 0.717) is 49.8 Å². The van der Waals surface area contributed by atoms with Crippen LogP contribution >= 0.6 is 0 Å². The minimum absolute atomic E-state index is 0.157. The Balaban J connectivity index is 1.67. The van der Waals surface area contributed by atoms with Gasteiger partial charge in [-0.3, -0.25) is 4.90 Å². The van der Waals surface area contributed by atoms with Gasteiger partial charge in [-0.05, 0) is 38.9 Å². The number of carbonyl (C=O) groups excluding carboxylic acids is 1. The summed E-state index contributed by atoms with van der Waals surface area (Å²) >= 11 is 0. The van der Waals surface area contributed by atoms with Gasteiger partial charge in [-0.2, -0.15) is 4.31 Å². The Morgan fingerprint density at radius 3 is 2.67 bits per heavy atom. The van der Waals surface area contributed by atoms with Crippen LogP contribution in [0.15, 0.2) is 26.0 Å². The molecule has 0 atom stereocenters. The van der Waals surface area contributed by atoms with Gasteiger partial charge in [0.05, 0.1) is 13.7 Å². The molecule has 9 nitrogen and oxygen atoms in total. The molecule has 2 aromatic heterocycles. The van der Waals surface area contributed by atoms with Crippen LogP contribution in [0.3, 0.4) is 0 Å². The average Bonchev–Trinajstić information content (AvgIpc) is 3.14. The molecular formula is C17H23N3O6S. The summed E-state index contributed by atoms with van der Waals surface area (Å²) in [5, 5.41) is 3.75. The number of aromatic nitrogens is 1. The number of hydrogen-bond acceptors (Lipinski definition) is 8. The van der Waals surface area contributed by atoms with Crippen molar-refractivity contribution in [2.45, 2.75) is 31.7 Å². The quantitative estimate of drug-likeness (QED) is 0.700. The highest BCUT2D eigenvalue weighted by atomic mass is 32.2. The van der Waals surface area contributed by atoms with Crippen LogP contribution in [0.5, 0.6) is 0 Å². The first-order chi connectivity index (χ1) is 12.8. The highest BCUT2D eigenvalue weighted by Gasteiger charge is 2.32. The number of aryl methyl sites for hydroxylation is 2. The number of ether oxygens (including phenoxy) is 1. The first-order valence-electron chi connectivity index (χ1n) is 8.65. The van der Waals surface area contributed by atoms with Crippen molar-refractivity contribution in [1.29, 1.82) is 0 Å². The number of esters is 1. The molecule has 3 rings (SSSR count). The van der Waals surface area contributed by atoms with E-state index in [2.05, 4.69) is 14.8 Å². The van der Waals surface area contributed by atoms with E-state index in [-0.39, 0.29) is 10.7 Å². The summed E-state index contributed by atoms with van der Waals surface area (Å²) in [6.45, 7) is 5.79. The third-order valence-corrected chi connectivity index (χ3v) is 6.68. The van der Waals surface area contributed by atoms with Gasteiger partial charge >= 0.3 is 5.97 Å². The van der Waals surface area contributed by atoms with E-state index in [1.165, 1.54) is 11.4 Å². The molecule has 0 unspecified atom stereocenters. The van der Waals surface area contributed by atoms with Gasteiger partial charge in [0.2, 0.25) is 15.8 Å². The fourth-order valence-electron chi connectivity index (χ4n) is 3.21. The minimum Gasteiger partial charge on any atom is -0.463 e. The molecule has 148 valence electrons. The van der Waals surface area contributed by atoms with Gasteiger partial charge in [0.25, 0.3) is 0 Å². The molecule has 0 aromatic carbocycles. The van der Waals surface area contributed by atoms with Gasteiger partial charge in [-0.25, -0.2) is 13.2 Å². The van der Waals surface area contributed by atoms with E-state index in [4.69, 9.17) is 8.94 Å². The Bertz CT molecular complexity index is 897. The summed E-state index contributed by atoms with van der Waals surface area (Å²) in [6.07, 6.45) is 0.688. The lowest BCUT2D eigenvalue weighted by molar-refractivity contribution is 0.0561. The van der Waals surface area contributed by atoms with Gasteiger partial charge in [0.1, 0.15) is 16.3 Å². The number of rotatable bonds is 5. The number of carbonyl (C=O) groups is 1. The maximum absolute atomic E-state index is 13.0. The van der Waals surface area contributed by atoms with Gasteiger partial charge in [-0.1, -0.05) is 5.16 Å². The molecule has 10 heteroatoms.